The van der Waals surface area contributed by atoms with Gasteiger partial charge in [0, 0.05) is 31.6 Å². The highest BCUT2D eigenvalue weighted by atomic mass is 32.2. The molecule has 5 nitrogen and oxygen atoms in total. The summed E-state index contributed by atoms with van der Waals surface area (Å²) in [6, 6.07) is 17.3. The highest BCUT2D eigenvalue weighted by Crippen LogP contribution is 2.37. The lowest BCUT2D eigenvalue weighted by Crippen LogP contribution is -2.47. The maximum atomic E-state index is 13.5. The Balaban J connectivity index is 1.43. The van der Waals surface area contributed by atoms with Crippen LogP contribution in [-0.2, 0) is 21.4 Å². The Morgan fingerprint density at radius 2 is 1.61 bits per heavy atom. The summed E-state index contributed by atoms with van der Waals surface area (Å²) >= 11 is 0. The fourth-order valence-corrected chi connectivity index (χ4v) is 5.94. The Kier molecular flexibility index (Phi) is 6.49. The topological polar surface area (TPSA) is 57.7 Å². The molecule has 0 N–H and O–H groups in total. The van der Waals surface area contributed by atoms with Crippen molar-refractivity contribution in [2.45, 2.75) is 57.0 Å². The van der Waals surface area contributed by atoms with Crippen LogP contribution >= 0.6 is 0 Å². The SMILES string of the molecule is Cc1ccc(S(=O)(=O)N2CCC(C(=O)N(Cc3ccccc3)[C@H](C)C3CC3)CC2)cc1. The van der Waals surface area contributed by atoms with Crippen molar-refractivity contribution in [2.24, 2.45) is 11.8 Å². The van der Waals surface area contributed by atoms with Gasteiger partial charge in [-0.1, -0.05) is 48.0 Å². The molecule has 1 saturated carbocycles. The number of rotatable bonds is 7. The van der Waals surface area contributed by atoms with E-state index in [0.717, 1.165) is 11.1 Å². The van der Waals surface area contributed by atoms with Gasteiger partial charge < -0.3 is 4.90 Å². The number of aryl methyl sites for hydroxylation is 1. The second-order valence-electron chi connectivity index (χ2n) is 9.02. The van der Waals surface area contributed by atoms with Crippen LogP contribution in [0.15, 0.2) is 59.5 Å². The fourth-order valence-electron chi connectivity index (χ4n) is 4.47. The van der Waals surface area contributed by atoms with Crippen molar-refractivity contribution in [3.8, 4) is 0 Å². The van der Waals surface area contributed by atoms with E-state index in [1.165, 1.54) is 17.1 Å². The molecule has 0 unspecified atom stereocenters. The third-order valence-corrected chi connectivity index (χ3v) is 8.65. The van der Waals surface area contributed by atoms with Crippen LogP contribution in [0, 0.1) is 18.8 Å². The molecule has 1 saturated heterocycles. The van der Waals surface area contributed by atoms with E-state index in [1.807, 2.05) is 42.2 Å². The molecule has 2 aliphatic rings. The van der Waals surface area contributed by atoms with Gasteiger partial charge in [-0.2, -0.15) is 4.31 Å². The molecule has 6 heteroatoms. The summed E-state index contributed by atoms with van der Waals surface area (Å²) in [6.07, 6.45) is 3.53. The van der Waals surface area contributed by atoms with Gasteiger partial charge in [0.15, 0.2) is 0 Å². The van der Waals surface area contributed by atoms with Gasteiger partial charge in [-0.3, -0.25) is 4.79 Å². The van der Waals surface area contributed by atoms with Crippen molar-refractivity contribution in [2.75, 3.05) is 13.1 Å². The summed E-state index contributed by atoms with van der Waals surface area (Å²) in [4.78, 5) is 15.9. The summed E-state index contributed by atoms with van der Waals surface area (Å²) in [6.45, 7) is 5.51. The number of sulfonamides is 1. The van der Waals surface area contributed by atoms with E-state index in [0.29, 0.717) is 43.3 Å². The van der Waals surface area contributed by atoms with E-state index in [1.54, 1.807) is 12.1 Å². The molecule has 1 atom stereocenters. The molecule has 0 radical (unpaired) electrons. The molecular formula is C25H32N2O3S. The number of nitrogens with zero attached hydrogens (tertiary/aromatic N) is 2. The Morgan fingerprint density at radius 3 is 2.19 bits per heavy atom. The first-order valence-corrected chi connectivity index (χ1v) is 12.7. The molecule has 1 aliphatic heterocycles. The normalized spacial score (nSPS) is 19.2. The average Bonchev–Trinajstić information content (AvgIpc) is 3.63. The number of piperidine rings is 1. The lowest BCUT2D eigenvalue weighted by molar-refractivity contribution is -0.140. The van der Waals surface area contributed by atoms with Crippen LogP contribution in [0.1, 0.15) is 43.7 Å². The van der Waals surface area contributed by atoms with Crippen molar-refractivity contribution in [3.63, 3.8) is 0 Å². The third kappa shape index (κ3) is 5.01. The predicted molar refractivity (Wildman–Crippen MR) is 122 cm³/mol. The van der Waals surface area contributed by atoms with Crippen molar-refractivity contribution < 1.29 is 13.2 Å². The fraction of sp³-hybridized carbons (Fsp3) is 0.480. The molecule has 0 spiro atoms. The highest BCUT2D eigenvalue weighted by molar-refractivity contribution is 7.89. The van der Waals surface area contributed by atoms with E-state index in [-0.39, 0.29) is 17.9 Å². The van der Waals surface area contributed by atoms with Gasteiger partial charge >= 0.3 is 0 Å². The van der Waals surface area contributed by atoms with E-state index in [4.69, 9.17) is 0 Å². The van der Waals surface area contributed by atoms with Crippen molar-refractivity contribution in [1.82, 2.24) is 9.21 Å². The Morgan fingerprint density at radius 1 is 1.00 bits per heavy atom. The Labute approximate surface area is 186 Å². The van der Waals surface area contributed by atoms with Crippen LogP contribution in [0.3, 0.4) is 0 Å². The van der Waals surface area contributed by atoms with E-state index < -0.39 is 10.0 Å². The van der Waals surface area contributed by atoms with Gasteiger partial charge in [0.2, 0.25) is 15.9 Å². The van der Waals surface area contributed by atoms with E-state index in [9.17, 15) is 13.2 Å². The van der Waals surface area contributed by atoms with Gasteiger partial charge in [-0.25, -0.2) is 8.42 Å². The molecule has 1 aliphatic carbocycles. The molecule has 2 fully saturated rings. The molecule has 1 amide bonds. The van der Waals surface area contributed by atoms with E-state index in [2.05, 4.69) is 19.1 Å². The average molecular weight is 441 g/mol. The van der Waals surface area contributed by atoms with Crippen molar-refractivity contribution in [1.29, 1.82) is 0 Å². The maximum absolute atomic E-state index is 13.5. The minimum absolute atomic E-state index is 0.116. The molecule has 2 aromatic carbocycles. The van der Waals surface area contributed by atoms with Gasteiger partial charge in [-0.05, 0) is 63.1 Å². The van der Waals surface area contributed by atoms with Crippen molar-refractivity contribution >= 4 is 15.9 Å². The zero-order valence-corrected chi connectivity index (χ0v) is 19.2. The molecule has 166 valence electrons. The first-order chi connectivity index (χ1) is 14.9. The van der Waals surface area contributed by atoms with Crippen LogP contribution in [0.4, 0.5) is 0 Å². The van der Waals surface area contributed by atoms with Gasteiger partial charge in [-0.15, -0.1) is 0 Å². The number of carbonyl (C=O) groups excluding carboxylic acids is 1. The molecule has 2 aromatic rings. The minimum Gasteiger partial charge on any atom is -0.335 e. The number of amides is 1. The lowest BCUT2D eigenvalue weighted by Gasteiger charge is -2.36. The molecule has 31 heavy (non-hydrogen) atoms. The number of hydrogen-bond donors (Lipinski definition) is 0. The molecule has 4 rings (SSSR count). The van der Waals surface area contributed by atoms with Crippen molar-refractivity contribution in [3.05, 3.63) is 65.7 Å². The summed E-state index contributed by atoms with van der Waals surface area (Å²) < 4.78 is 27.5. The monoisotopic (exact) mass is 440 g/mol. The predicted octanol–water partition coefficient (Wildman–Crippen LogP) is 4.22. The zero-order chi connectivity index (χ0) is 22.0. The van der Waals surface area contributed by atoms with Gasteiger partial charge in [0.05, 0.1) is 4.90 Å². The molecule has 0 bridgehead atoms. The third-order valence-electron chi connectivity index (χ3n) is 6.74. The minimum atomic E-state index is -3.51. The quantitative estimate of drug-likeness (QED) is 0.648. The zero-order valence-electron chi connectivity index (χ0n) is 18.4. The summed E-state index contributed by atoms with van der Waals surface area (Å²) in [5, 5.41) is 0. The largest absolute Gasteiger partial charge is 0.335 e. The van der Waals surface area contributed by atoms with E-state index >= 15 is 0 Å². The second kappa shape index (κ2) is 9.13. The maximum Gasteiger partial charge on any atom is 0.243 e. The molecular weight excluding hydrogens is 408 g/mol. The first kappa shape index (κ1) is 22.0. The highest BCUT2D eigenvalue weighted by Gasteiger charge is 2.38. The second-order valence-corrected chi connectivity index (χ2v) is 11.0. The van der Waals surface area contributed by atoms with Crippen LogP contribution in [0.25, 0.3) is 0 Å². The van der Waals surface area contributed by atoms with Gasteiger partial charge in [0.25, 0.3) is 0 Å². The standard InChI is InChI=1S/C25H32N2O3S/c1-19-8-12-24(13-9-19)31(29,30)26-16-14-23(15-17-26)25(28)27(20(2)22-10-11-22)18-21-6-4-3-5-7-21/h3-9,12-13,20,22-23H,10-11,14-18H2,1-2H3/t20-/m1/s1. The molecule has 1 heterocycles. The lowest BCUT2D eigenvalue weighted by atomic mass is 9.95. The van der Waals surface area contributed by atoms with Crippen LogP contribution < -0.4 is 0 Å². The summed E-state index contributed by atoms with van der Waals surface area (Å²) in [5.41, 5.74) is 2.18. The summed E-state index contributed by atoms with van der Waals surface area (Å²) in [7, 11) is -3.51. The summed E-state index contributed by atoms with van der Waals surface area (Å²) in [5.74, 6) is 0.652. The van der Waals surface area contributed by atoms with Crippen LogP contribution in [0.5, 0.6) is 0 Å². The number of hydrogen-bond acceptors (Lipinski definition) is 3. The Hall–Kier alpha value is -2.18. The van der Waals surface area contributed by atoms with Crippen LogP contribution in [0.2, 0.25) is 0 Å². The molecule has 0 aromatic heterocycles. The van der Waals surface area contributed by atoms with Crippen LogP contribution in [-0.4, -0.2) is 42.7 Å². The smallest absolute Gasteiger partial charge is 0.243 e. The van der Waals surface area contributed by atoms with Gasteiger partial charge in [0.1, 0.15) is 0 Å². The Bertz CT molecular complexity index is 993. The number of benzene rings is 2. The number of carbonyl (C=O) groups is 1. The first-order valence-electron chi connectivity index (χ1n) is 11.3.